The van der Waals surface area contributed by atoms with E-state index in [9.17, 15) is 4.79 Å². The molecule has 180 valence electrons. The molecule has 10 heteroatoms. The summed E-state index contributed by atoms with van der Waals surface area (Å²) in [5.41, 5.74) is 2.28. The fraction of sp³-hybridized carbons (Fsp3) is 0.458. The molecule has 1 aliphatic carbocycles. The predicted molar refractivity (Wildman–Crippen MR) is 136 cm³/mol. The third-order valence-electron chi connectivity index (χ3n) is 5.99. The molecule has 0 unspecified atom stereocenters. The first-order chi connectivity index (χ1) is 16.5. The van der Waals surface area contributed by atoms with Gasteiger partial charge in [0.1, 0.15) is 17.4 Å². The van der Waals surface area contributed by atoms with E-state index in [1.54, 1.807) is 6.08 Å². The highest BCUT2D eigenvalue weighted by Crippen LogP contribution is 2.35. The molecule has 1 fully saturated rings. The molecule has 0 radical (unpaired) electrons. The van der Waals surface area contributed by atoms with E-state index in [1.807, 2.05) is 23.6 Å². The highest BCUT2D eigenvalue weighted by Gasteiger charge is 2.21. The molecule has 0 spiro atoms. The number of nitrogens with one attached hydrogen (secondary N) is 1. The van der Waals surface area contributed by atoms with Gasteiger partial charge in [0.05, 0.1) is 5.75 Å². The Hall–Kier alpha value is -2.72. The lowest BCUT2D eigenvalue weighted by atomic mass is 9.90. The lowest BCUT2D eigenvalue weighted by Gasteiger charge is -2.18. The van der Waals surface area contributed by atoms with Crippen LogP contribution in [-0.4, -0.2) is 36.6 Å². The summed E-state index contributed by atoms with van der Waals surface area (Å²) in [6, 6.07) is 5.98. The van der Waals surface area contributed by atoms with Crippen LogP contribution in [0.15, 0.2) is 36.0 Å². The minimum atomic E-state index is -0.141. The first kappa shape index (κ1) is 24.4. The van der Waals surface area contributed by atoms with Crippen LogP contribution in [0.3, 0.4) is 0 Å². The molecule has 4 rings (SSSR count). The summed E-state index contributed by atoms with van der Waals surface area (Å²) in [5.74, 6) is 2.05. The number of nitrogens with zero attached hydrogens (tertiary/aromatic N) is 5. The number of thioether (sulfide) groups is 1. The van der Waals surface area contributed by atoms with Gasteiger partial charge in [0, 0.05) is 12.5 Å². The Labute approximate surface area is 208 Å². The van der Waals surface area contributed by atoms with E-state index in [1.165, 1.54) is 47.9 Å². The molecule has 8 nitrogen and oxygen atoms in total. The van der Waals surface area contributed by atoms with Crippen molar-refractivity contribution in [3.8, 4) is 5.75 Å². The van der Waals surface area contributed by atoms with Gasteiger partial charge in [0.25, 0.3) is 0 Å². The van der Waals surface area contributed by atoms with Crippen LogP contribution in [-0.2, 0) is 17.9 Å². The van der Waals surface area contributed by atoms with Gasteiger partial charge in [-0.1, -0.05) is 60.6 Å². The zero-order chi connectivity index (χ0) is 23.9. The van der Waals surface area contributed by atoms with E-state index in [0.29, 0.717) is 28.6 Å². The number of amides is 1. The average molecular weight is 499 g/mol. The van der Waals surface area contributed by atoms with Crippen LogP contribution in [0.2, 0.25) is 0 Å². The van der Waals surface area contributed by atoms with Gasteiger partial charge in [-0.3, -0.25) is 14.7 Å². The molecular weight excluding hydrogens is 468 g/mol. The quantitative estimate of drug-likeness (QED) is 0.300. The van der Waals surface area contributed by atoms with Gasteiger partial charge < -0.3 is 4.74 Å². The van der Waals surface area contributed by atoms with Crippen molar-refractivity contribution in [1.29, 1.82) is 0 Å². The maximum atomic E-state index is 12.5. The van der Waals surface area contributed by atoms with Crippen LogP contribution in [0, 0.1) is 13.8 Å². The number of anilines is 1. The standard InChI is InChI=1S/C24H30N6O2S2/c1-4-13-30-20(14-32-19-12-8-9-16(2)17(19)3)26-29-24(30)33-15-21(31)25-23-28-27-22(34-23)18-10-6-5-7-11-18/h4,8-9,12,18H,1,5-7,10-11,13-15H2,2-3H3,(H,25,28,31). The predicted octanol–water partition coefficient (Wildman–Crippen LogP) is 5.29. The molecule has 1 N–H and O–H groups in total. The Morgan fingerprint density at radius 2 is 2.06 bits per heavy atom. The molecule has 1 amide bonds. The van der Waals surface area contributed by atoms with Crippen molar-refractivity contribution in [2.24, 2.45) is 0 Å². The summed E-state index contributed by atoms with van der Waals surface area (Å²) in [7, 11) is 0. The molecule has 1 aromatic carbocycles. The summed E-state index contributed by atoms with van der Waals surface area (Å²) in [6.45, 7) is 8.74. The summed E-state index contributed by atoms with van der Waals surface area (Å²) in [5, 5.41) is 22.1. The van der Waals surface area contributed by atoms with E-state index in [-0.39, 0.29) is 18.3 Å². The van der Waals surface area contributed by atoms with Crippen molar-refractivity contribution >= 4 is 34.1 Å². The second-order valence-electron chi connectivity index (χ2n) is 8.40. The van der Waals surface area contributed by atoms with Crippen molar-refractivity contribution < 1.29 is 9.53 Å². The molecule has 34 heavy (non-hydrogen) atoms. The topological polar surface area (TPSA) is 94.8 Å². The molecule has 1 saturated carbocycles. The fourth-order valence-electron chi connectivity index (χ4n) is 3.95. The third kappa shape index (κ3) is 6.04. The highest BCUT2D eigenvalue weighted by molar-refractivity contribution is 7.99. The number of rotatable bonds is 10. The minimum Gasteiger partial charge on any atom is -0.485 e. The van der Waals surface area contributed by atoms with Crippen LogP contribution in [0.4, 0.5) is 5.13 Å². The van der Waals surface area contributed by atoms with Crippen molar-refractivity contribution in [3.63, 3.8) is 0 Å². The Bertz CT molecular complexity index is 1140. The van der Waals surface area contributed by atoms with E-state index in [4.69, 9.17) is 4.74 Å². The first-order valence-electron chi connectivity index (χ1n) is 11.5. The maximum absolute atomic E-state index is 12.5. The van der Waals surface area contributed by atoms with Gasteiger partial charge in [0.2, 0.25) is 11.0 Å². The van der Waals surface area contributed by atoms with Crippen LogP contribution in [0.5, 0.6) is 5.75 Å². The molecule has 3 aromatic rings. The summed E-state index contributed by atoms with van der Waals surface area (Å²) >= 11 is 2.81. The molecule has 0 atom stereocenters. The van der Waals surface area contributed by atoms with Gasteiger partial charge in [0.15, 0.2) is 11.0 Å². The largest absolute Gasteiger partial charge is 0.485 e. The van der Waals surface area contributed by atoms with E-state index in [0.717, 1.165) is 29.2 Å². The lowest BCUT2D eigenvalue weighted by Crippen LogP contribution is -2.15. The van der Waals surface area contributed by atoms with E-state index in [2.05, 4.69) is 45.3 Å². The molecule has 2 heterocycles. The molecule has 0 aliphatic heterocycles. The number of allylic oxidation sites excluding steroid dienone is 1. The number of hydrogen-bond acceptors (Lipinski definition) is 8. The Morgan fingerprint density at radius 3 is 2.85 bits per heavy atom. The Morgan fingerprint density at radius 1 is 1.24 bits per heavy atom. The van der Waals surface area contributed by atoms with Gasteiger partial charge >= 0.3 is 0 Å². The lowest BCUT2D eigenvalue weighted by molar-refractivity contribution is -0.113. The van der Waals surface area contributed by atoms with Crippen molar-refractivity contribution in [3.05, 3.63) is 52.8 Å². The van der Waals surface area contributed by atoms with Crippen molar-refractivity contribution in [1.82, 2.24) is 25.0 Å². The smallest absolute Gasteiger partial charge is 0.236 e. The van der Waals surface area contributed by atoms with Crippen LogP contribution in [0.1, 0.15) is 60.0 Å². The molecular formula is C24H30N6O2S2. The van der Waals surface area contributed by atoms with Gasteiger partial charge in [-0.05, 0) is 43.9 Å². The van der Waals surface area contributed by atoms with Gasteiger partial charge in [-0.15, -0.1) is 27.0 Å². The summed E-state index contributed by atoms with van der Waals surface area (Å²) in [4.78, 5) is 12.5. The van der Waals surface area contributed by atoms with Crippen LogP contribution < -0.4 is 10.1 Å². The average Bonchev–Trinajstić information content (AvgIpc) is 3.46. The van der Waals surface area contributed by atoms with E-state index >= 15 is 0 Å². The second-order valence-corrected chi connectivity index (χ2v) is 10.4. The number of ether oxygens (including phenoxy) is 1. The number of benzene rings is 1. The van der Waals surface area contributed by atoms with Crippen molar-refractivity contribution in [2.75, 3.05) is 11.1 Å². The van der Waals surface area contributed by atoms with E-state index < -0.39 is 0 Å². The summed E-state index contributed by atoms with van der Waals surface area (Å²) in [6.07, 6.45) is 7.88. The second kappa shape index (κ2) is 11.6. The number of carbonyl (C=O) groups excluding carboxylic acids is 1. The Balaban J connectivity index is 1.33. The SMILES string of the molecule is C=CCn1c(COc2cccc(C)c2C)nnc1SCC(=O)Nc1nnc(C2CCCCC2)s1. The highest BCUT2D eigenvalue weighted by atomic mass is 32.2. The Kier molecular flexibility index (Phi) is 8.34. The summed E-state index contributed by atoms with van der Waals surface area (Å²) < 4.78 is 7.92. The third-order valence-corrected chi connectivity index (χ3v) is 7.96. The number of aryl methyl sites for hydroxylation is 1. The number of aromatic nitrogens is 5. The van der Waals surface area contributed by atoms with Gasteiger partial charge in [-0.25, -0.2) is 0 Å². The molecule has 2 aromatic heterocycles. The molecule has 0 saturated heterocycles. The minimum absolute atomic E-state index is 0.141. The zero-order valence-corrected chi connectivity index (χ0v) is 21.3. The molecule has 1 aliphatic rings. The fourth-order valence-corrected chi connectivity index (χ4v) is 5.65. The number of hydrogen-bond donors (Lipinski definition) is 1. The molecule has 0 bridgehead atoms. The van der Waals surface area contributed by atoms with Gasteiger partial charge in [-0.2, -0.15) is 0 Å². The zero-order valence-electron chi connectivity index (χ0n) is 19.6. The first-order valence-corrected chi connectivity index (χ1v) is 13.3. The monoisotopic (exact) mass is 498 g/mol. The van der Waals surface area contributed by atoms with Crippen LogP contribution >= 0.6 is 23.1 Å². The number of carbonyl (C=O) groups is 1. The maximum Gasteiger partial charge on any atom is 0.236 e. The van der Waals surface area contributed by atoms with Crippen molar-refractivity contribution in [2.45, 2.75) is 70.2 Å². The normalized spacial score (nSPS) is 14.2. The van der Waals surface area contributed by atoms with Crippen LogP contribution in [0.25, 0.3) is 0 Å².